The first-order chi connectivity index (χ1) is 7.62. The molecule has 1 aromatic rings. The van der Waals surface area contributed by atoms with E-state index in [1.54, 1.807) is 6.07 Å². The van der Waals surface area contributed by atoms with Crippen molar-refractivity contribution < 1.29 is 17.2 Å². The third-order valence-electron chi connectivity index (χ3n) is 2.99. The minimum Gasteiger partial charge on any atom is -0.321 e. The van der Waals surface area contributed by atoms with Crippen LogP contribution in [0.1, 0.15) is 18.4 Å². The van der Waals surface area contributed by atoms with Crippen LogP contribution in [0.2, 0.25) is 0 Å². The number of benzene rings is 1. The van der Waals surface area contributed by atoms with Gasteiger partial charge in [-0.3, -0.25) is 0 Å². The first kappa shape index (κ1) is 12.4. The summed E-state index contributed by atoms with van der Waals surface area (Å²) in [5.41, 5.74) is 5.18. The van der Waals surface area contributed by atoms with Crippen LogP contribution in [0.5, 0.6) is 0 Å². The number of alkyl halides is 2. The molecule has 0 amide bonds. The number of halogens is 2. The minimum atomic E-state index is -3.34. The van der Waals surface area contributed by atoms with Gasteiger partial charge in [-0.2, -0.15) is 0 Å². The highest BCUT2D eigenvalue weighted by atomic mass is 32.2. The van der Waals surface area contributed by atoms with Gasteiger partial charge in [-0.25, -0.2) is 17.2 Å². The SMILES string of the molecule is CS(=O)(=O)c1cccc(C2(N)CC(F)(F)C2)c1. The van der Waals surface area contributed by atoms with Gasteiger partial charge >= 0.3 is 0 Å². The fourth-order valence-electron chi connectivity index (χ4n) is 2.11. The van der Waals surface area contributed by atoms with Crippen LogP contribution in [0, 0.1) is 0 Å². The molecule has 1 aliphatic carbocycles. The van der Waals surface area contributed by atoms with Crippen molar-refractivity contribution >= 4 is 9.84 Å². The Morgan fingerprint density at radius 3 is 2.35 bits per heavy atom. The Morgan fingerprint density at radius 1 is 1.29 bits per heavy atom. The maximum Gasteiger partial charge on any atom is 0.252 e. The van der Waals surface area contributed by atoms with E-state index in [1.807, 2.05) is 0 Å². The normalized spacial score (nSPS) is 21.9. The van der Waals surface area contributed by atoms with Gasteiger partial charge in [-0.1, -0.05) is 12.1 Å². The van der Waals surface area contributed by atoms with Crippen molar-refractivity contribution in [3.8, 4) is 0 Å². The summed E-state index contributed by atoms with van der Waals surface area (Å²) < 4.78 is 48.4. The Morgan fingerprint density at radius 2 is 1.88 bits per heavy atom. The molecule has 94 valence electrons. The monoisotopic (exact) mass is 261 g/mol. The highest BCUT2D eigenvalue weighted by Gasteiger charge is 2.55. The van der Waals surface area contributed by atoms with Gasteiger partial charge in [0, 0.05) is 19.1 Å². The highest BCUT2D eigenvalue weighted by molar-refractivity contribution is 7.90. The fourth-order valence-corrected chi connectivity index (χ4v) is 2.78. The summed E-state index contributed by atoms with van der Waals surface area (Å²) in [5, 5.41) is 0. The van der Waals surface area contributed by atoms with E-state index in [4.69, 9.17) is 5.73 Å². The van der Waals surface area contributed by atoms with Gasteiger partial charge in [0.25, 0.3) is 5.92 Å². The van der Waals surface area contributed by atoms with E-state index >= 15 is 0 Å². The summed E-state index contributed by atoms with van der Waals surface area (Å²) in [6.45, 7) is 0. The molecular formula is C11H13F2NO2S. The zero-order chi connectivity index (χ0) is 12.9. The van der Waals surface area contributed by atoms with E-state index in [0.717, 1.165) is 6.26 Å². The van der Waals surface area contributed by atoms with Crippen molar-refractivity contribution in [2.45, 2.75) is 29.2 Å². The Labute approximate surface area is 98.5 Å². The van der Waals surface area contributed by atoms with Crippen molar-refractivity contribution in [1.29, 1.82) is 0 Å². The van der Waals surface area contributed by atoms with Gasteiger partial charge < -0.3 is 5.73 Å². The molecule has 1 fully saturated rings. The summed E-state index contributed by atoms with van der Waals surface area (Å²) in [5.74, 6) is -2.74. The number of rotatable bonds is 2. The topological polar surface area (TPSA) is 60.2 Å². The van der Waals surface area contributed by atoms with Crippen molar-refractivity contribution in [3.63, 3.8) is 0 Å². The lowest BCUT2D eigenvalue weighted by molar-refractivity contribution is -0.125. The second kappa shape index (κ2) is 3.49. The van der Waals surface area contributed by atoms with Crippen LogP contribution in [0.4, 0.5) is 8.78 Å². The van der Waals surface area contributed by atoms with Crippen LogP contribution in [0.15, 0.2) is 29.2 Å². The van der Waals surface area contributed by atoms with Gasteiger partial charge in [-0.15, -0.1) is 0 Å². The molecule has 6 heteroatoms. The van der Waals surface area contributed by atoms with Gasteiger partial charge in [-0.05, 0) is 17.7 Å². The van der Waals surface area contributed by atoms with Crippen LogP contribution >= 0.6 is 0 Å². The van der Waals surface area contributed by atoms with Gasteiger partial charge in [0.05, 0.1) is 10.4 Å². The van der Waals surface area contributed by atoms with E-state index in [1.165, 1.54) is 18.2 Å². The quantitative estimate of drug-likeness (QED) is 0.881. The predicted octanol–water partition coefficient (Wildman–Crippen LogP) is 1.67. The molecule has 2 rings (SSSR count). The average Bonchev–Trinajstić information content (AvgIpc) is 2.13. The molecule has 0 aromatic heterocycles. The second-order valence-corrected chi connectivity index (χ2v) is 6.68. The van der Waals surface area contributed by atoms with Crippen molar-refractivity contribution in [1.82, 2.24) is 0 Å². The molecule has 0 spiro atoms. The van der Waals surface area contributed by atoms with E-state index in [9.17, 15) is 17.2 Å². The van der Waals surface area contributed by atoms with Crippen LogP contribution in [-0.4, -0.2) is 20.6 Å². The smallest absolute Gasteiger partial charge is 0.252 e. The molecule has 1 saturated carbocycles. The molecule has 1 aliphatic rings. The molecule has 0 unspecified atom stereocenters. The zero-order valence-electron chi connectivity index (χ0n) is 9.28. The second-order valence-electron chi connectivity index (χ2n) is 4.67. The molecule has 1 aromatic carbocycles. The molecule has 2 N–H and O–H groups in total. The molecule has 0 bridgehead atoms. The summed E-state index contributed by atoms with van der Waals surface area (Å²) in [6, 6.07) is 5.92. The zero-order valence-corrected chi connectivity index (χ0v) is 10.1. The van der Waals surface area contributed by atoms with Crippen molar-refractivity contribution in [2.75, 3.05) is 6.26 Å². The van der Waals surface area contributed by atoms with E-state index < -0.39 is 34.1 Å². The highest BCUT2D eigenvalue weighted by Crippen LogP contribution is 2.49. The number of sulfone groups is 1. The Kier molecular flexibility index (Phi) is 2.56. The molecule has 0 saturated heterocycles. The van der Waals surface area contributed by atoms with Crippen LogP contribution in [0.25, 0.3) is 0 Å². The molecule has 17 heavy (non-hydrogen) atoms. The first-order valence-corrected chi connectivity index (χ1v) is 6.99. The number of nitrogens with two attached hydrogens (primary N) is 1. The lowest BCUT2D eigenvalue weighted by Crippen LogP contribution is -2.55. The molecule has 0 aliphatic heterocycles. The summed E-state index contributed by atoms with van der Waals surface area (Å²) in [7, 11) is -3.34. The third-order valence-corrected chi connectivity index (χ3v) is 4.10. The Hall–Kier alpha value is -1.01. The third kappa shape index (κ3) is 2.32. The Bertz CT molecular complexity index is 546. The van der Waals surface area contributed by atoms with Gasteiger partial charge in [0.2, 0.25) is 0 Å². The maximum atomic E-state index is 12.9. The summed E-state index contributed by atoms with van der Waals surface area (Å²) >= 11 is 0. The molecule has 0 radical (unpaired) electrons. The average molecular weight is 261 g/mol. The lowest BCUT2D eigenvalue weighted by atomic mass is 9.70. The van der Waals surface area contributed by atoms with Crippen LogP contribution in [0.3, 0.4) is 0 Å². The number of hydrogen-bond donors (Lipinski definition) is 1. The predicted molar refractivity (Wildman–Crippen MR) is 59.6 cm³/mol. The largest absolute Gasteiger partial charge is 0.321 e. The molecule has 0 heterocycles. The van der Waals surface area contributed by atoms with E-state index in [0.29, 0.717) is 5.56 Å². The summed E-state index contributed by atoms with van der Waals surface area (Å²) in [6.07, 6.45) is 0.200. The number of hydrogen-bond acceptors (Lipinski definition) is 3. The fraction of sp³-hybridized carbons (Fsp3) is 0.455. The van der Waals surface area contributed by atoms with Gasteiger partial charge in [0.15, 0.2) is 9.84 Å². The summed E-state index contributed by atoms with van der Waals surface area (Å²) in [4.78, 5) is 0.107. The molecule has 3 nitrogen and oxygen atoms in total. The van der Waals surface area contributed by atoms with E-state index in [2.05, 4.69) is 0 Å². The first-order valence-electron chi connectivity index (χ1n) is 5.10. The Balaban J connectivity index is 2.36. The van der Waals surface area contributed by atoms with Crippen LogP contribution < -0.4 is 5.73 Å². The maximum absolute atomic E-state index is 12.9. The van der Waals surface area contributed by atoms with Crippen LogP contribution in [-0.2, 0) is 15.4 Å². The van der Waals surface area contributed by atoms with Gasteiger partial charge in [0.1, 0.15) is 0 Å². The van der Waals surface area contributed by atoms with Crippen molar-refractivity contribution in [2.24, 2.45) is 5.73 Å². The minimum absolute atomic E-state index is 0.107. The standard InChI is InChI=1S/C11H13F2NO2S/c1-17(15,16)9-4-2-3-8(5-9)10(14)6-11(12,13)7-10/h2-5H,6-7,14H2,1H3. The molecular weight excluding hydrogens is 248 g/mol. The van der Waals surface area contributed by atoms with Crippen molar-refractivity contribution in [3.05, 3.63) is 29.8 Å². The molecule has 0 atom stereocenters. The lowest BCUT2D eigenvalue weighted by Gasteiger charge is -2.45. The van der Waals surface area contributed by atoms with E-state index in [-0.39, 0.29) is 4.90 Å².